The van der Waals surface area contributed by atoms with E-state index in [-0.39, 0.29) is 30.5 Å². The van der Waals surface area contributed by atoms with E-state index in [1.54, 1.807) is 0 Å². The first kappa shape index (κ1) is 14.1. The lowest BCUT2D eigenvalue weighted by atomic mass is 9.89. The summed E-state index contributed by atoms with van der Waals surface area (Å²) in [7, 11) is 0. The molecule has 5 nitrogen and oxygen atoms in total. The zero-order valence-electron chi connectivity index (χ0n) is 12.1. The fourth-order valence-electron chi connectivity index (χ4n) is 3.62. The molecule has 112 valence electrons. The van der Waals surface area contributed by atoms with Gasteiger partial charge in [-0.05, 0) is 38.3 Å². The Morgan fingerprint density at radius 2 is 2.00 bits per heavy atom. The highest BCUT2D eigenvalue weighted by Gasteiger charge is 2.49. The normalized spacial score (nSPS) is 27.8. The van der Waals surface area contributed by atoms with Crippen LogP contribution in [0.1, 0.15) is 24.8 Å². The van der Waals surface area contributed by atoms with Crippen molar-refractivity contribution in [1.82, 2.24) is 4.90 Å². The highest BCUT2D eigenvalue weighted by atomic mass is 16.4. The van der Waals surface area contributed by atoms with Crippen LogP contribution >= 0.6 is 0 Å². The van der Waals surface area contributed by atoms with Gasteiger partial charge in [-0.25, -0.2) is 0 Å². The smallest absolute Gasteiger partial charge is 0.308 e. The van der Waals surface area contributed by atoms with Gasteiger partial charge >= 0.3 is 5.97 Å². The van der Waals surface area contributed by atoms with Crippen LogP contribution in [0.15, 0.2) is 24.3 Å². The van der Waals surface area contributed by atoms with Crippen LogP contribution in [0.25, 0.3) is 0 Å². The monoisotopic (exact) mass is 288 g/mol. The van der Waals surface area contributed by atoms with Crippen LogP contribution in [0, 0.1) is 12.8 Å². The molecule has 2 saturated heterocycles. The number of anilines is 1. The van der Waals surface area contributed by atoms with Gasteiger partial charge in [-0.2, -0.15) is 0 Å². The summed E-state index contributed by atoms with van der Waals surface area (Å²) in [5.74, 6) is -1.11. The predicted molar refractivity (Wildman–Crippen MR) is 79.1 cm³/mol. The van der Waals surface area contributed by atoms with Gasteiger partial charge in [0.25, 0.3) is 0 Å². The van der Waals surface area contributed by atoms with Crippen molar-refractivity contribution in [2.24, 2.45) is 5.92 Å². The average Bonchev–Trinajstić information content (AvgIpc) is 2.98. The molecule has 3 atom stereocenters. The Labute approximate surface area is 123 Å². The van der Waals surface area contributed by atoms with E-state index in [1.807, 2.05) is 31.2 Å². The van der Waals surface area contributed by atoms with Gasteiger partial charge in [0.2, 0.25) is 5.91 Å². The number of aliphatic carboxylic acids is 1. The Balaban J connectivity index is 1.61. The molecule has 1 aromatic carbocycles. The Hall–Kier alpha value is -1.88. The van der Waals surface area contributed by atoms with Crippen molar-refractivity contribution >= 4 is 17.6 Å². The first-order valence-corrected chi connectivity index (χ1v) is 7.39. The fraction of sp³-hybridized carbons (Fsp3) is 0.500. The molecule has 0 saturated carbocycles. The van der Waals surface area contributed by atoms with E-state index in [2.05, 4.69) is 10.2 Å². The number of nitrogens with zero attached hydrogens (tertiary/aromatic N) is 1. The number of nitrogens with one attached hydrogen (secondary N) is 1. The van der Waals surface area contributed by atoms with Crippen LogP contribution in [0.4, 0.5) is 5.69 Å². The lowest BCUT2D eigenvalue weighted by Crippen LogP contribution is -2.38. The molecule has 2 N–H and O–H groups in total. The minimum atomic E-state index is -0.730. The molecule has 0 aliphatic carbocycles. The largest absolute Gasteiger partial charge is 0.481 e. The summed E-state index contributed by atoms with van der Waals surface area (Å²) in [5, 5.41) is 12.1. The van der Waals surface area contributed by atoms with E-state index in [4.69, 9.17) is 0 Å². The molecule has 2 fully saturated rings. The summed E-state index contributed by atoms with van der Waals surface area (Å²) < 4.78 is 0. The molecule has 1 amide bonds. The minimum absolute atomic E-state index is 0.0243. The standard InChI is InChI=1S/C16H20N2O3/c1-10-2-4-11(5-3-10)17-15(19)9-18-12-6-7-14(18)13(8-12)16(20)21/h2-5,12-14H,6-9H2,1H3,(H,17,19)(H,20,21). The second-order valence-corrected chi connectivity index (χ2v) is 6.07. The molecule has 1 aromatic rings. The number of carbonyl (C=O) groups excluding carboxylic acids is 1. The van der Waals surface area contributed by atoms with Crippen molar-refractivity contribution in [2.75, 3.05) is 11.9 Å². The van der Waals surface area contributed by atoms with Gasteiger partial charge < -0.3 is 10.4 Å². The molecule has 0 radical (unpaired) electrons. The van der Waals surface area contributed by atoms with Gasteiger partial charge in [0.15, 0.2) is 0 Å². The zero-order valence-corrected chi connectivity index (χ0v) is 12.1. The fourth-order valence-corrected chi connectivity index (χ4v) is 3.62. The molecule has 2 heterocycles. The molecule has 5 heteroatoms. The molecule has 0 spiro atoms. The van der Waals surface area contributed by atoms with E-state index in [9.17, 15) is 14.7 Å². The van der Waals surface area contributed by atoms with Gasteiger partial charge in [-0.3, -0.25) is 14.5 Å². The van der Waals surface area contributed by atoms with E-state index >= 15 is 0 Å². The lowest BCUT2D eigenvalue weighted by molar-refractivity contribution is -0.142. The molecule has 2 aliphatic rings. The number of rotatable bonds is 4. The third kappa shape index (κ3) is 2.78. The lowest BCUT2D eigenvalue weighted by Gasteiger charge is -2.22. The number of hydrogen-bond acceptors (Lipinski definition) is 3. The third-order valence-corrected chi connectivity index (χ3v) is 4.66. The van der Waals surface area contributed by atoms with Crippen LogP contribution in [0.3, 0.4) is 0 Å². The van der Waals surface area contributed by atoms with E-state index in [0.29, 0.717) is 6.42 Å². The highest BCUT2D eigenvalue weighted by Crippen LogP contribution is 2.41. The Bertz CT molecular complexity index is 555. The molecule has 2 aliphatic heterocycles. The van der Waals surface area contributed by atoms with Crippen LogP contribution < -0.4 is 5.32 Å². The maximum atomic E-state index is 12.1. The zero-order chi connectivity index (χ0) is 15.0. The van der Waals surface area contributed by atoms with E-state index < -0.39 is 5.97 Å². The second kappa shape index (κ2) is 5.48. The Kier molecular flexibility index (Phi) is 3.68. The number of amides is 1. The first-order chi connectivity index (χ1) is 10.0. The molecular formula is C16H20N2O3. The van der Waals surface area contributed by atoms with Gasteiger partial charge in [-0.15, -0.1) is 0 Å². The molecule has 3 rings (SSSR count). The van der Waals surface area contributed by atoms with Crippen molar-refractivity contribution in [2.45, 2.75) is 38.3 Å². The molecular weight excluding hydrogens is 268 g/mol. The van der Waals surface area contributed by atoms with Crippen molar-refractivity contribution in [3.8, 4) is 0 Å². The number of fused-ring (bicyclic) bond motifs is 2. The van der Waals surface area contributed by atoms with Crippen LogP contribution in [-0.2, 0) is 9.59 Å². The van der Waals surface area contributed by atoms with E-state index in [0.717, 1.165) is 24.1 Å². The van der Waals surface area contributed by atoms with E-state index in [1.165, 1.54) is 0 Å². The number of carbonyl (C=O) groups is 2. The summed E-state index contributed by atoms with van der Waals surface area (Å²) in [5.41, 5.74) is 1.93. The van der Waals surface area contributed by atoms with Crippen molar-refractivity contribution < 1.29 is 14.7 Å². The molecule has 0 aromatic heterocycles. The van der Waals surface area contributed by atoms with Gasteiger partial charge in [0, 0.05) is 17.8 Å². The van der Waals surface area contributed by atoms with Crippen LogP contribution in [0.5, 0.6) is 0 Å². The summed E-state index contributed by atoms with van der Waals surface area (Å²) in [6.07, 6.45) is 2.57. The summed E-state index contributed by atoms with van der Waals surface area (Å²) in [6.45, 7) is 2.28. The van der Waals surface area contributed by atoms with Gasteiger partial charge in [0.05, 0.1) is 12.5 Å². The van der Waals surface area contributed by atoms with Crippen molar-refractivity contribution in [3.63, 3.8) is 0 Å². The molecule has 21 heavy (non-hydrogen) atoms. The van der Waals surface area contributed by atoms with Crippen LogP contribution in [0.2, 0.25) is 0 Å². The maximum absolute atomic E-state index is 12.1. The summed E-state index contributed by atoms with van der Waals surface area (Å²) >= 11 is 0. The average molecular weight is 288 g/mol. The Morgan fingerprint density at radius 1 is 1.29 bits per heavy atom. The topological polar surface area (TPSA) is 69.6 Å². The molecule has 3 unspecified atom stereocenters. The van der Waals surface area contributed by atoms with Crippen molar-refractivity contribution in [3.05, 3.63) is 29.8 Å². The number of benzene rings is 1. The SMILES string of the molecule is Cc1ccc(NC(=O)CN2C3CCC2C(C(=O)O)C3)cc1. The quantitative estimate of drug-likeness (QED) is 0.887. The number of aryl methyl sites for hydroxylation is 1. The Morgan fingerprint density at radius 3 is 2.62 bits per heavy atom. The number of hydrogen-bond donors (Lipinski definition) is 2. The summed E-state index contributed by atoms with van der Waals surface area (Å²) in [4.78, 5) is 25.4. The number of carboxylic acids is 1. The van der Waals surface area contributed by atoms with Gasteiger partial charge in [-0.1, -0.05) is 17.7 Å². The third-order valence-electron chi connectivity index (χ3n) is 4.66. The first-order valence-electron chi connectivity index (χ1n) is 7.39. The van der Waals surface area contributed by atoms with Crippen LogP contribution in [-0.4, -0.2) is 40.5 Å². The van der Waals surface area contributed by atoms with Crippen molar-refractivity contribution in [1.29, 1.82) is 0 Å². The predicted octanol–water partition coefficient (Wildman–Crippen LogP) is 1.87. The highest BCUT2D eigenvalue weighted by molar-refractivity contribution is 5.92. The second-order valence-electron chi connectivity index (χ2n) is 6.07. The maximum Gasteiger partial charge on any atom is 0.308 e. The molecule has 2 bridgehead atoms. The minimum Gasteiger partial charge on any atom is -0.481 e. The van der Waals surface area contributed by atoms with Gasteiger partial charge in [0.1, 0.15) is 0 Å². The summed E-state index contributed by atoms with van der Waals surface area (Å²) in [6, 6.07) is 7.94. The number of carboxylic acid groups (broad SMARTS) is 1.